The predicted octanol–water partition coefficient (Wildman–Crippen LogP) is 6.49. The summed E-state index contributed by atoms with van der Waals surface area (Å²) >= 11 is 0. The molecule has 6 nitrogen and oxygen atoms in total. The van der Waals surface area contributed by atoms with Gasteiger partial charge in [-0.1, -0.05) is 76.6 Å². The minimum Gasteiger partial charge on any atom is -0.497 e. The molecule has 0 fully saturated rings. The summed E-state index contributed by atoms with van der Waals surface area (Å²) in [5.41, 5.74) is 0.603. The highest BCUT2D eigenvalue weighted by Gasteiger charge is 2.37. The Hall–Kier alpha value is -3.59. The Morgan fingerprint density at radius 1 is 0.944 bits per heavy atom. The van der Waals surface area contributed by atoms with Crippen molar-refractivity contribution in [3.63, 3.8) is 0 Å². The molecule has 6 heteroatoms. The van der Waals surface area contributed by atoms with Gasteiger partial charge in [0.2, 0.25) is 0 Å². The van der Waals surface area contributed by atoms with Gasteiger partial charge >= 0.3 is 11.9 Å². The average molecular weight is 492 g/mol. The summed E-state index contributed by atoms with van der Waals surface area (Å²) in [6, 6.07) is 18.7. The number of nitriles is 1. The van der Waals surface area contributed by atoms with Crippen LogP contribution < -0.4 is 4.74 Å². The second kappa shape index (κ2) is 12.9. The first-order chi connectivity index (χ1) is 17.1. The Kier molecular flexibility index (Phi) is 10.3. The Morgan fingerprint density at radius 3 is 2.08 bits per heavy atom. The fourth-order valence-corrected chi connectivity index (χ4v) is 4.44. The third kappa shape index (κ3) is 7.98. The molecule has 0 saturated carbocycles. The highest BCUT2D eigenvalue weighted by molar-refractivity contribution is 6.05. The van der Waals surface area contributed by atoms with Gasteiger partial charge in [-0.3, -0.25) is 4.79 Å². The Labute approximate surface area is 214 Å². The average Bonchev–Trinajstić information content (AvgIpc) is 2.85. The van der Waals surface area contributed by atoms with E-state index in [4.69, 9.17) is 14.2 Å². The van der Waals surface area contributed by atoms with Gasteiger partial charge in [0, 0.05) is 17.4 Å². The lowest BCUT2D eigenvalue weighted by atomic mass is 9.79. The van der Waals surface area contributed by atoms with Crippen molar-refractivity contribution in [2.75, 3.05) is 13.7 Å². The van der Waals surface area contributed by atoms with Crippen LogP contribution in [0.4, 0.5) is 0 Å². The fourth-order valence-electron chi connectivity index (χ4n) is 4.44. The highest BCUT2D eigenvalue weighted by Crippen LogP contribution is 2.36. The predicted molar refractivity (Wildman–Crippen MR) is 140 cm³/mol. The molecule has 1 unspecified atom stereocenters. The van der Waals surface area contributed by atoms with Crippen molar-refractivity contribution >= 4 is 17.5 Å². The van der Waals surface area contributed by atoms with Crippen molar-refractivity contribution in [3.05, 3.63) is 71.3 Å². The number of carbonyl (C=O) groups is 2. The lowest BCUT2D eigenvalue weighted by molar-refractivity contribution is -0.160. The van der Waals surface area contributed by atoms with E-state index in [0.717, 1.165) is 12.0 Å². The van der Waals surface area contributed by atoms with Gasteiger partial charge in [0.25, 0.3) is 0 Å². The smallest absolute Gasteiger partial charge is 0.350 e. The topological polar surface area (TPSA) is 85.6 Å². The summed E-state index contributed by atoms with van der Waals surface area (Å²) in [4.78, 5) is 25.2. The zero-order valence-electron chi connectivity index (χ0n) is 22.2. The molecule has 0 aromatic heterocycles. The van der Waals surface area contributed by atoms with Gasteiger partial charge < -0.3 is 14.2 Å². The second-order valence-electron chi connectivity index (χ2n) is 9.90. The summed E-state index contributed by atoms with van der Waals surface area (Å²) in [6.45, 7) is 9.82. The van der Waals surface area contributed by atoms with Gasteiger partial charge in [0.15, 0.2) is 0 Å². The number of ether oxygens (including phenoxy) is 3. The number of carbonyl (C=O) groups excluding carboxylic acids is 2. The molecular weight excluding hydrogens is 454 g/mol. The Bertz CT molecular complexity index is 1100. The molecule has 0 spiro atoms. The number of nitrogens with zero attached hydrogens (tertiary/aromatic N) is 1. The molecule has 0 aliphatic carbocycles. The Morgan fingerprint density at radius 2 is 1.56 bits per heavy atom. The molecular formula is C30H37NO5. The van der Waals surface area contributed by atoms with Crippen molar-refractivity contribution in [3.8, 4) is 11.8 Å². The van der Waals surface area contributed by atoms with E-state index in [1.165, 1.54) is 0 Å². The van der Waals surface area contributed by atoms with E-state index in [9.17, 15) is 14.9 Å². The van der Waals surface area contributed by atoms with Gasteiger partial charge in [-0.25, -0.2) is 4.79 Å². The normalized spacial score (nSPS) is 13.6. The van der Waals surface area contributed by atoms with E-state index in [1.54, 1.807) is 26.2 Å². The first kappa shape index (κ1) is 28.6. The summed E-state index contributed by atoms with van der Waals surface area (Å²) in [5.74, 6) is -0.266. The van der Waals surface area contributed by atoms with Crippen LogP contribution in [-0.4, -0.2) is 31.3 Å². The molecule has 0 bridgehead atoms. The maximum Gasteiger partial charge on any atom is 0.350 e. The maximum atomic E-state index is 13.6. The molecule has 2 aromatic carbocycles. The quantitative estimate of drug-likeness (QED) is 0.192. The highest BCUT2D eigenvalue weighted by atomic mass is 16.6. The first-order valence-electron chi connectivity index (χ1n) is 12.3. The molecule has 0 radical (unpaired) electrons. The number of rotatable bonds is 12. The molecule has 0 aliphatic heterocycles. The van der Waals surface area contributed by atoms with E-state index in [2.05, 4.69) is 6.07 Å². The minimum absolute atomic E-state index is 0.0658. The monoisotopic (exact) mass is 491 g/mol. The van der Waals surface area contributed by atoms with Gasteiger partial charge in [0.1, 0.15) is 23.0 Å². The van der Waals surface area contributed by atoms with Crippen molar-refractivity contribution in [1.82, 2.24) is 0 Å². The maximum absolute atomic E-state index is 13.6. The van der Waals surface area contributed by atoms with Gasteiger partial charge in [0.05, 0.1) is 13.7 Å². The minimum atomic E-state index is -0.849. The molecule has 0 aliphatic rings. The van der Waals surface area contributed by atoms with E-state index in [1.807, 2.05) is 70.2 Å². The molecule has 0 N–H and O–H groups in total. The summed E-state index contributed by atoms with van der Waals surface area (Å²) in [5, 5.41) is 10.1. The van der Waals surface area contributed by atoms with Crippen molar-refractivity contribution < 1.29 is 23.8 Å². The fraction of sp³-hybridized carbons (Fsp3) is 0.433. The summed E-state index contributed by atoms with van der Waals surface area (Å²) < 4.78 is 16.7. The second-order valence-corrected chi connectivity index (χ2v) is 9.90. The Balaban J connectivity index is 2.46. The number of methoxy groups -OCH3 is 1. The first-order valence-corrected chi connectivity index (χ1v) is 12.3. The lowest BCUT2D eigenvalue weighted by Crippen LogP contribution is -2.39. The van der Waals surface area contributed by atoms with Gasteiger partial charge in [-0.15, -0.1) is 0 Å². The summed E-state index contributed by atoms with van der Waals surface area (Å²) in [7, 11) is 1.58. The lowest BCUT2D eigenvalue weighted by Gasteiger charge is -2.37. The van der Waals surface area contributed by atoms with Crippen molar-refractivity contribution in [2.24, 2.45) is 5.41 Å². The van der Waals surface area contributed by atoms with E-state index in [0.29, 0.717) is 36.1 Å². The van der Waals surface area contributed by atoms with Crippen molar-refractivity contribution in [2.45, 2.75) is 65.9 Å². The zero-order chi connectivity index (χ0) is 26.8. The number of hydrogen-bond donors (Lipinski definition) is 0. The van der Waals surface area contributed by atoms with E-state index in [-0.39, 0.29) is 18.1 Å². The van der Waals surface area contributed by atoms with Crippen LogP contribution in [0.2, 0.25) is 0 Å². The standard InChI is InChI=1S/C30H37NO5/c1-7-18-30(5,20-29(3,4)21-35-26(32)8-2)36-28(33)25(19-31)27(22-12-10-9-11-13-22)23-14-16-24(34-6)17-15-23/h9-17H,7-8,18,20-21H2,1-6H3. The van der Waals surface area contributed by atoms with Crippen molar-refractivity contribution in [1.29, 1.82) is 5.26 Å². The van der Waals surface area contributed by atoms with E-state index < -0.39 is 17.0 Å². The molecule has 0 amide bonds. The molecule has 192 valence electrons. The van der Waals surface area contributed by atoms with Crippen LogP contribution in [0.1, 0.15) is 71.4 Å². The van der Waals surface area contributed by atoms with Crippen LogP contribution >= 0.6 is 0 Å². The largest absolute Gasteiger partial charge is 0.497 e. The number of benzene rings is 2. The van der Waals surface area contributed by atoms with Crippen LogP contribution in [0.3, 0.4) is 0 Å². The van der Waals surface area contributed by atoms with Crippen LogP contribution in [0.15, 0.2) is 60.2 Å². The third-order valence-electron chi connectivity index (χ3n) is 5.89. The van der Waals surface area contributed by atoms with Gasteiger partial charge in [-0.05, 0) is 43.0 Å². The van der Waals surface area contributed by atoms with Crippen LogP contribution in [0, 0.1) is 16.7 Å². The third-order valence-corrected chi connectivity index (χ3v) is 5.89. The molecule has 2 aromatic rings. The molecule has 36 heavy (non-hydrogen) atoms. The van der Waals surface area contributed by atoms with Crippen LogP contribution in [-0.2, 0) is 19.1 Å². The number of esters is 2. The molecule has 2 rings (SSSR count). The number of hydrogen-bond acceptors (Lipinski definition) is 6. The molecule has 1 atom stereocenters. The SMILES string of the molecule is CCCC(C)(CC(C)(C)COC(=O)CC)OC(=O)C(C#N)=C(c1ccccc1)c1ccc(OC)cc1. The van der Waals surface area contributed by atoms with E-state index >= 15 is 0 Å². The summed E-state index contributed by atoms with van der Waals surface area (Å²) in [6.07, 6.45) is 2.16. The molecule has 0 saturated heterocycles. The zero-order valence-corrected chi connectivity index (χ0v) is 22.2. The van der Waals surface area contributed by atoms with Crippen LogP contribution in [0.5, 0.6) is 5.75 Å². The van der Waals surface area contributed by atoms with Gasteiger partial charge in [-0.2, -0.15) is 5.26 Å². The molecule has 0 heterocycles. The van der Waals surface area contributed by atoms with Crippen LogP contribution in [0.25, 0.3) is 5.57 Å².